The van der Waals surface area contributed by atoms with Crippen LogP contribution in [0.5, 0.6) is 0 Å². The Morgan fingerprint density at radius 1 is 1.44 bits per heavy atom. The number of ether oxygens (including phenoxy) is 1. The van der Waals surface area contributed by atoms with Gasteiger partial charge in [0.15, 0.2) is 0 Å². The van der Waals surface area contributed by atoms with Gasteiger partial charge in [-0.15, -0.1) is 0 Å². The first-order valence-corrected chi connectivity index (χ1v) is 6.30. The zero-order valence-corrected chi connectivity index (χ0v) is 10.5. The van der Waals surface area contributed by atoms with Crippen LogP contribution in [0, 0.1) is 0 Å². The normalized spacial score (nSPS) is 18.1. The number of likely N-dealkylation sites (tertiary alicyclic amines) is 1. The van der Waals surface area contributed by atoms with Gasteiger partial charge in [-0.1, -0.05) is 0 Å². The molecule has 0 atom stereocenters. The van der Waals surface area contributed by atoms with Crippen LogP contribution < -0.4 is 5.73 Å². The van der Waals surface area contributed by atoms with Crippen molar-refractivity contribution in [2.75, 3.05) is 32.0 Å². The molecule has 0 unspecified atom stereocenters. The molecule has 1 fully saturated rings. The fourth-order valence-electron chi connectivity index (χ4n) is 2.18. The van der Waals surface area contributed by atoms with Gasteiger partial charge in [-0.3, -0.25) is 4.90 Å². The quantitative estimate of drug-likeness (QED) is 0.769. The van der Waals surface area contributed by atoms with E-state index in [4.69, 9.17) is 15.6 Å². The third kappa shape index (κ3) is 3.90. The predicted molar refractivity (Wildman–Crippen MR) is 67.8 cm³/mol. The molecule has 3 N–H and O–H groups in total. The lowest BCUT2D eigenvalue weighted by Crippen LogP contribution is -2.37. The topological polar surface area (TPSA) is 84.5 Å². The van der Waals surface area contributed by atoms with E-state index in [0.29, 0.717) is 12.6 Å². The highest BCUT2D eigenvalue weighted by Gasteiger charge is 2.19. The highest BCUT2D eigenvalue weighted by atomic mass is 16.5. The number of aliphatic hydroxyl groups is 1. The molecule has 18 heavy (non-hydrogen) atoms. The second kappa shape index (κ2) is 6.63. The monoisotopic (exact) mass is 252 g/mol. The molecule has 2 heterocycles. The van der Waals surface area contributed by atoms with Crippen LogP contribution in [0.1, 0.15) is 18.5 Å². The molecule has 0 aliphatic carbocycles. The van der Waals surface area contributed by atoms with Crippen molar-refractivity contribution in [2.45, 2.75) is 25.5 Å². The first kappa shape index (κ1) is 13.2. The van der Waals surface area contributed by atoms with Crippen LogP contribution in [0.15, 0.2) is 12.3 Å². The molecule has 0 radical (unpaired) electrons. The molecule has 0 bridgehead atoms. The number of nitrogens with two attached hydrogens (primary N) is 1. The van der Waals surface area contributed by atoms with Gasteiger partial charge in [0.1, 0.15) is 0 Å². The maximum absolute atomic E-state index is 8.71. The third-order valence-electron chi connectivity index (χ3n) is 3.10. The molecule has 0 saturated carbocycles. The lowest BCUT2D eigenvalue weighted by Gasteiger charge is -2.31. The molecule has 1 aromatic rings. The first-order chi connectivity index (χ1) is 8.78. The summed E-state index contributed by atoms with van der Waals surface area (Å²) in [5, 5.41) is 8.71. The summed E-state index contributed by atoms with van der Waals surface area (Å²) in [5.41, 5.74) is 6.51. The summed E-state index contributed by atoms with van der Waals surface area (Å²) < 4.78 is 5.53. The molecular weight excluding hydrogens is 232 g/mol. The third-order valence-corrected chi connectivity index (χ3v) is 3.10. The van der Waals surface area contributed by atoms with Crippen LogP contribution in [-0.2, 0) is 11.3 Å². The Morgan fingerprint density at radius 2 is 2.22 bits per heavy atom. The molecule has 0 spiro atoms. The Balaban J connectivity index is 1.76. The Kier molecular flexibility index (Phi) is 4.86. The summed E-state index contributed by atoms with van der Waals surface area (Å²) in [6.07, 6.45) is 3.97. The van der Waals surface area contributed by atoms with Gasteiger partial charge in [0, 0.05) is 25.8 Å². The van der Waals surface area contributed by atoms with E-state index in [2.05, 4.69) is 14.9 Å². The van der Waals surface area contributed by atoms with Crippen molar-refractivity contribution in [1.29, 1.82) is 0 Å². The minimum atomic E-state index is 0.0976. The van der Waals surface area contributed by atoms with Gasteiger partial charge in [-0.2, -0.15) is 0 Å². The Bertz CT molecular complexity index is 367. The summed E-state index contributed by atoms with van der Waals surface area (Å²) in [5.74, 6) is 0.327. The van der Waals surface area contributed by atoms with Gasteiger partial charge >= 0.3 is 0 Å². The number of hydrogen-bond donors (Lipinski definition) is 2. The largest absolute Gasteiger partial charge is 0.394 e. The fraction of sp³-hybridized carbons (Fsp3) is 0.667. The zero-order chi connectivity index (χ0) is 12.8. The number of hydrogen-bond acceptors (Lipinski definition) is 6. The van der Waals surface area contributed by atoms with Gasteiger partial charge in [0.2, 0.25) is 5.95 Å². The Labute approximate surface area is 107 Å². The van der Waals surface area contributed by atoms with Gasteiger partial charge < -0.3 is 15.6 Å². The van der Waals surface area contributed by atoms with Gasteiger partial charge in [0.05, 0.1) is 25.0 Å². The second-order valence-corrected chi connectivity index (χ2v) is 4.48. The molecule has 0 amide bonds. The summed E-state index contributed by atoms with van der Waals surface area (Å²) in [6.45, 7) is 3.31. The van der Waals surface area contributed by atoms with E-state index in [0.717, 1.165) is 38.2 Å². The maximum Gasteiger partial charge on any atom is 0.220 e. The SMILES string of the molecule is Nc1nccc(CN2CCC(OCCO)CC2)n1. The summed E-state index contributed by atoms with van der Waals surface area (Å²) in [6, 6.07) is 1.89. The Hall–Kier alpha value is -1.24. The molecule has 1 saturated heterocycles. The highest BCUT2D eigenvalue weighted by molar-refractivity contribution is 5.17. The molecule has 6 nitrogen and oxygen atoms in total. The molecule has 1 aliphatic rings. The average molecular weight is 252 g/mol. The number of rotatable bonds is 5. The molecular formula is C12H20N4O2. The predicted octanol–water partition coefficient (Wildman–Crippen LogP) is 0.0321. The molecule has 2 rings (SSSR count). The van der Waals surface area contributed by atoms with Crippen LogP contribution >= 0.6 is 0 Å². The summed E-state index contributed by atoms with van der Waals surface area (Å²) in [4.78, 5) is 10.4. The van der Waals surface area contributed by atoms with E-state index in [1.165, 1.54) is 0 Å². The number of aliphatic hydroxyl groups excluding tert-OH is 1. The highest BCUT2D eigenvalue weighted by Crippen LogP contribution is 2.15. The van der Waals surface area contributed by atoms with Crippen molar-refractivity contribution in [1.82, 2.24) is 14.9 Å². The molecule has 1 aromatic heterocycles. The second-order valence-electron chi connectivity index (χ2n) is 4.48. The minimum Gasteiger partial charge on any atom is -0.394 e. The van der Waals surface area contributed by atoms with Crippen LogP contribution in [0.2, 0.25) is 0 Å². The van der Waals surface area contributed by atoms with Crippen LogP contribution in [-0.4, -0.2) is 52.4 Å². The van der Waals surface area contributed by atoms with E-state index in [1.807, 2.05) is 6.07 Å². The van der Waals surface area contributed by atoms with Crippen molar-refractivity contribution in [3.05, 3.63) is 18.0 Å². The molecule has 6 heteroatoms. The van der Waals surface area contributed by atoms with Crippen molar-refractivity contribution in [2.24, 2.45) is 0 Å². The molecule has 0 aromatic carbocycles. The summed E-state index contributed by atoms with van der Waals surface area (Å²) in [7, 11) is 0. The van der Waals surface area contributed by atoms with E-state index in [-0.39, 0.29) is 12.7 Å². The average Bonchev–Trinajstić information content (AvgIpc) is 2.38. The van der Waals surface area contributed by atoms with Gasteiger partial charge in [0.25, 0.3) is 0 Å². The Morgan fingerprint density at radius 3 is 2.89 bits per heavy atom. The van der Waals surface area contributed by atoms with Crippen LogP contribution in [0.3, 0.4) is 0 Å². The van der Waals surface area contributed by atoms with Gasteiger partial charge in [-0.25, -0.2) is 9.97 Å². The lowest BCUT2D eigenvalue weighted by molar-refractivity contribution is -0.00918. The van der Waals surface area contributed by atoms with Crippen molar-refractivity contribution in [3.63, 3.8) is 0 Å². The maximum atomic E-state index is 8.71. The van der Waals surface area contributed by atoms with Crippen molar-refractivity contribution >= 4 is 5.95 Å². The number of anilines is 1. The zero-order valence-electron chi connectivity index (χ0n) is 10.5. The van der Waals surface area contributed by atoms with E-state index in [9.17, 15) is 0 Å². The standard InChI is InChI=1S/C12H20N4O2/c13-12-14-4-1-10(15-12)9-16-5-2-11(3-6-16)18-8-7-17/h1,4,11,17H,2-3,5-9H2,(H2,13,14,15). The van der Waals surface area contributed by atoms with Crippen LogP contribution in [0.25, 0.3) is 0 Å². The van der Waals surface area contributed by atoms with E-state index >= 15 is 0 Å². The number of nitrogens with zero attached hydrogens (tertiary/aromatic N) is 3. The van der Waals surface area contributed by atoms with E-state index < -0.39 is 0 Å². The van der Waals surface area contributed by atoms with Crippen molar-refractivity contribution in [3.8, 4) is 0 Å². The van der Waals surface area contributed by atoms with E-state index in [1.54, 1.807) is 6.20 Å². The molecule has 100 valence electrons. The number of nitrogen functional groups attached to an aromatic ring is 1. The van der Waals surface area contributed by atoms with Crippen molar-refractivity contribution < 1.29 is 9.84 Å². The smallest absolute Gasteiger partial charge is 0.220 e. The lowest BCUT2D eigenvalue weighted by atomic mass is 10.1. The van der Waals surface area contributed by atoms with Gasteiger partial charge in [-0.05, 0) is 18.9 Å². The number of aromatic nitrogens is 2. The molecule has 1 aliphatic heterocycles. The minimum absolute atomic E-state index is 0.0976. The summed E-state index contributed by atoms with van der Waals surface area (Å²) >= 11 is 0. The number of piperidine rings is 1. The van der Waals surface area contributed by atoms with Crippen LogP contribution in [0.4, 0.5) is 5.95 Å². The fourth-order valence-corrected chi connectivity index (χ4v) is 2.18. The first-order valence-electron chi connectivity index (χ1n) is 6.30.